The number of carbonyl (C=O) groups excluding carboxylic acids is 1. The van der Waals surface area contributed by atoms with E-state index < -0.39 is 6.29 Å². The quantitative estimate of drug-likeness (QED) is 0.806. The first-order valence-corrected chi connectivity index (χ1v) is 9.20. The van der Waals surface area contributed by atoms with E-state index in [-0.39, 0.29) is 23.2 Å². The van der Waals surface area contributed by atoms with Gasteiger partial charge >= 0.3 is 0 Å². The second-order valence-corrected chi connectivity index (χ2v) is 8.02. The summed E-state index contributed by atoms with van der Waals surface area (Å²) < 4.78 is 25.2. The minimum Gasteiger partial charge on any atom is -0.348 e. The molecular weight excluding hydrogens is 345 g/mol. The second kappa shape index (κ2) is 7.79. The van der Waals surface area contributed by atoms with Crippen LogP contribution in [0.4, 0.5) is 10.1 Å². The van der Waals surface area contributed by atoms with Gasteiger partial charge in [0.25, 0.3) is 5.91 Å². The van der Waals surface area contributed by atoms with Crippen molar-refractivity contribution in [3.8, 4) is 0 Å². The van der Waals surface area contributed by atoms with E-state index in [0.717, 1.165) is 5.56 Å². The van der Waals surface area contributed by atoms with Gasteiger partial charge in [-0.3, -0.25) is 4.79 Å². The van der Waals surface area contributed by atoms with Crippen molar-refractivity contribution in [3.63, 3.8) is 0 Å². The average molecular weight is 371 g/mol. The largest absolute Gasteiger partial charge is 0.348 e. The fourth-order valence-electron chi connectivity index (χ4n) is 3.53. The number of hydrogen-bond acceptors (Lipinski definition) is 3. The lowest BCUT2D eigenvalue weighted by Crippen LogP contribution is -2.45. The molecule has 2 unspecified atom stereocenters. The maximum Gasteiger partial charge on any atom is 0.255 e. The summed E-state index contributed by atoms with van der Waals surface area (Å²) in [5, 5.41) is 2.83. The van der Waals surface area contributed by atoms with Crippen molar-refractivity contribution >= 4 is 11.6 Å². The van der Waals surface area contributed by atoms with Gasteiger partial charge in [0.2, 0.25) is 0 Å². The van der Waals surface area contributed by atoms with E-state index in [1.165, 1.54) is 24.3 Å². The molecule has 3 rings (SSSR count). The van der Waals surface area contributed by atoms with Crippen LogP contribution in [0.3, 0.4) is 0 Å². The standard InChI is InChI=1S/C22H26FNO3/c1-14(2)19-22(3,4)13-26-21(27-19)16-6-5-7-18(12-16)24-20(25)15-8-10-17(23)11-9-15/h5-12,14,19,21H,13H2,1-4H3,(H,24,25). The summed E-state index contributed by atoms with van der Waals surface area (Å²) in [7, 11) is 0. The number of halogens is 1. The number of benzene rings is 2. The molecule has 1 N–H and O–H groups in total. The molecule has 0 aliphatic carbocycles. The summed E-state index contributed by atoms with van der Waals surface area (Å²) in [5.41, 5.74) is 1.83. The number of anilines is 1. The molecule has 1 aliphatic heterocycles. The lowest BCUT2D eigenvalue weighted by molar-refractivity contribution is -0.274. The highest BCUT2D eigenvalue weighted by molar-refractivity contribution is 6.04. The van der Waals surface area contributed by atoms with Crippen LogP contribution in [-0.4, -0.2) is 18.6 Å². The SMILES string of the molecule is CC(C)C1OC(c2cccc(NC(=O)c3ccc(F)cc3)c2)OCC1(C)C. The first-order valence-electron chi connectivity index (χ1n) is 9.20. The number of carbonyl (C=O) groups is 1. The van der Waals surface area contributed by atoms with Gasteiger partial charge < -0.3 is 14.8 Å². The molecule has 0 saturated carbocycles. The molecule has 2 aromatic carbocycles. The molecule has 2 aromatic rings. The van der Waals surface area contributed by atoms with Gasteiger partial charge in [0.05, 0.1) is 12.7 Å². The van der Waals surface area contributed by atoms with Gasteiger partial charge in [-0.1, -0.05) is 39.8 Å². The summed E-state index contributed by atoms with van der Waals surface area (Å²) in [6.45, 7) is 9.19. The smallest absolute Gasteiger partial charge is 0.255 e. The van der Waals surface area contributed by atoms with Gasteiger partial charge in [-0.05, 0) is 42.3 Å². The van der Waals surface area contributed by atoms with E-state index in [1.54, 1.807) is 6.07 Å². The average Bonchev–Trinajstić information content (AvgIpc) is 2.62. The number of rotatable bonds is 4. The van der Waals surface area contributed by atoms with E-state index in [0.29, 0.717) is 23.8 Å². The van der Waals surface area contributed by atoms with E-state index in [1.807, 2.05) is 18.2 Å². The molecule has 0 radical (unpaired) electrons. The fourth-order valence-corrected chi connectivity index (χ4v) is 3.53. The predicted octanol–water partition coefficient (Wildman–Crippen LogP) is 5.17. The minimum absolute atomic E-state index is 0.0565. The van der Waals surface area contributed by atoms with Crippen molar-refractivity contribution in [2.45, 2.75) is 40.1 Å². The van der Waals surface area contributed by atoms with E-state index in [9.17, 15) is 9.18 Å². The summed E-state index contributed by atoms with van der Waals surface area (Å²) in [6.07, 6.45) is -0.387. The van der Waals surface area contributed by atoms with Crippen LogP contribution in [0, 0.1) is 17.2 Å². The molecule has 0 spiro atoms. The molecule has 1 aliphatic rings. The van der Waals surface area contributed by atoms with Crippen molar-refractivity contribution < 1.29 is 18.7 Å². The predicted molar refractivity (Wildman–Crippen MR) is 103 cm³/mol. The first-order chi connectivity index (χ1) is 12.8. The molecule has 27 heavy (non-hydrogen) atoms. The number of amides is 1. The van der Waals surface area contributed by atoms with Crippen LogP contribution in [0.5, 0.6) is 0 Å². The Bertz CT molecular complexity index is 801. The fraction of sp³-hybridized carbons (Fsp3) is 0.409. The second-order valence-electron chi connectivity index (χ2n) is 8.02. The van der Waals surface area contributed by atoms with Crippen LogP contribution >= 0.6 is 0 Å². The zero-order valence-electron chi connectivity index (χ0n) is 16.2. The topological polar surface area (TPSA) is 47.6 Å². The van der Waals surface area contributed by atoms with Crippen LogP contribution in [0.15, 0.2) is 48.5 Å². The van der Waals surface area contributed by atoms with E-state index >= 15 is 0 Å². The summed E-state index contributed by atoms with van der Waals surface area (Å²) >= 11 is 0. The maximum absolute atomic E-state index is 13.0. The number of ether oxygens (including phenoxy) is 2. The van der Waals surface area contributed by atoms with E-state index in [2.05, 4.69) is 33.0 Å². The van der Waals surface area contributed by atoms with Gasteiger partial charge in [0.15, 0.2) is 6.29 Å². The number of hydrogen-bond donors (Lipinski definition) is 1. The Morgan fingerprint density at radius 2 is 1.89 bits per heavy atom. The normalized spacial score (nSPS) is 21.9. The lowest BCUT2D eigenvalue weighted by Gasteiger charge is -2.44. The molecule has 2 atom stereocenters. The lowest BCUT2D eigenvalue weighted by atomic mass is 9.80. The highest BCUT2D eigenvalue weighted by Gasteiger charge is 2.40. The van der Waals surface area contributed by atoms with Crippen LogP contribution < -0.4 is 5.32 Å². The Morgan fingerprint density at radius 1 is 1.19 bits per heavy atom. The third kappa shape index (κ3) is 4.54. The van der Waals surface area contributed by atoms with Crippen LogP contribution in [0.25, 0.3) is 0 Å². The Morgan fingerprint density at radius 3 is 2.56 bits per heavy atom. The van der Waals surface area contributed by atoms with Crippen LogP contribution in [0.2, 0.25) is 0 Å². The molecule has 0 aromatic heterocycles. The molecule has 4 nitrogen and oxygen atoms in total. The van der Waals surface area contributed by atoms with Gasteiger partial charge in [-0.15, -0.1) is 0 Å². The van der Waals surface area contributed by atoms with Gasteiger partial charge in [0, 0.05) is 22.2 Å². The summed E-state index contributed by atoms with van der Waals surface area (Å²) in [5.74, 6) is -0.297. The third-order valence-corrected chi connectivity index (χ3v) is 4.78. The maximum atomic E-state index is 13.0. The highest BCUT2D eigenvalue weighted by atomic mass is 19.1. The molecule has 5 heteroatoms. The molecule has 1 fully saturated rings. The summed E-state index contributed by atoms with van der Waals surface area (Å²) in [6, 6.07) is 12.9. The van der Waals surface area contributed by atoms with Crippen molar-refractivity contribution in [2.75, 3.05) is 11.9 Å². The van der Waals surface area contributed by atoms with Crippen LogP contribution in [0.1, 0.15) is 49.9 Å². The molecular formula is C22H26FNO3. The molecule has 144 valence electrons. The third-order valence-electron chi connectivity index (χ3n) is 4.78. The molecule has 1 saturated heterocycles. The zero-order valence-corrected chi connectivity index (χ0v) is 16.2. The first kappa shape index (κ1) is 19.5. The Labute approximate surface area is 159 Å². The van der Waals surface area contributed by atoms with Crippen molar-refractivity contribution in [2.24, 2.45) is 11.3 Å². The van der Waals surface area contributed by atoms with Gasteiger partial charge in [0.1, 0.15) is 5.82 Å². The van der Waals surface area contributed by atoms with Crippen molar-refractivity contribution in [3.05, 3.63) is 65.5 Å². The van der Waals surface area contributed by atoms with Crippen molar-refractivity contribution in [1.82, 2.24) is 0 Å². The Hall–Kier alpha value is -2.24. The molecule has 0 bridgehead atoms. The summed E-state index contributed by atoms with van der Waals surface area (Å²) in [4.78, 5) is 12.3. The number of nitrogens with one attached hydrogen (secondary N) is 1. The molecule has 1 heterocycles. The Kier molecular flexibility index (Phi) is 5.63. The van der Waals surface area contributed by atoms with Crippen molar-refractivity contribution in [1.29, 1.82) is 0 Å². The zero-order chi connectivity index (χ0) is 19.6. The van der Waals surface area contributed by atoms with Crippen LogP contribution in [-0.2, 0) is 9.47 Å². The van der Waals surface area contributed by atoms with Gasteiger partial charge in [-0.2, -0.15) is 0 Å². The highest BCUT2D eigenvalue weighted by Crippen LogP contribution is 2.39. The van der Waals surface area contributed by atoms with Gasteiger partial charge in [-0.25, -0.2) is 4.39 Å². The Balaban J connectivity index is 1.74. The monoisotopic (exact) mass is 371 g/mol. The molecule has 1 amide bonds. The minimum atomic E-state index is -0.465. The van der Waals surface area contributed by atoms with E-state index in [4.69, 9.17) is 9.47 Å².